The Morgan fingerprint density at radius 1 is 1.14 bits per heavy atom. The van der Waals surface area contributed by atoms with E-state index in [2.05, 4.69) is 20.9 Å². The van der Waals surface area contributed by atoms with Crippen LogP contribution in [0.5, 0.6) is 0 Å². The van der Waals surface area contributed by atoms with Crippen LogP contribution in [0.25, 0.3) is 0 Å². The van der Waals surface area contributed by atoms with E-state index in [9.17, 15) is 4.79 Å². The molecule has 22 heavy (non-hydrogen) atoms. The summed E-state index contributed by atoms with van der Waals surface area (Å²) in [5.41, 5.74) is 1.25. The number of nitrogens with zero attached hydrogens (tertiary/aromatic N) is 3. The van der Waals surface area contributed by atoms with Crippen LogP contribution in [0.15, 0.2) is 24.5 Å². The van der Waals surface area contributed by atoms with Gasteiger partial charge in [-0.15, -0.1) is 0 Å². The van der Waals surface area contributed by atoms with E-state index in [0.717, 1.165) is 39.1 Å². The van der Waals surface area contributed by atoms with Gasteiger partial charge < -0.3 is 4.90 Å². The summed E-state index contributed by atoms with van der Waals surface area (Å²) in [6, 6.07) is 4.10. The molecule has 1 aliphatic carbocycles. The Morgan fingerprint density at radius 3 is 2.59 bits per heavy atom. The second-order valence-corrected chi connectivity index (χ2v) is 6.73. The minimum Gasteiger partial charge on any atom is -0.340 e. The van der Waals surface area contributed by atoms with Crippen LogP contribution < -0.4 is 0 Å². The molecule has 1 saturated heterocycles. The van der Waals surface area contributed by atoms with Crippen molar-refractivity contribution in [1.82, 2.24) is 14.8 Å². The Kier molecular flexibility index (Phi) is 5.43. The maximum Gasteiger partial charge on any atom is 0.222 e. The molecule has 1 amide bonds. The molecule has 3 rings (SSSR count). The molecule has 1 saturated carbocycles. The lowest BCUT2D eigenvalue weighted by Crippen LogP contribution is -2.48. The Bertz CT molecular complexity index is 462. The Balaban J connectivity index is 1.42. The summed E-state index contributed by atoms with van der Waals surface area (Å²) in [5, 5.41) is 0. The highest BCUT2D eigenvalue weighted by molar-refractivity contribution is 5.76. The zero-order valence-corrected chi connectivity index (χ0v) is 13.4. The minimum atomic E-state index is 0.382. The molecular formula is C18H27N3O. The number of piperazine rings is 1. The quantitative estimate of drug-likeness (QED) is 0.858. The van der Waals surface area contributed by atoms with E-state index in [1.165, 1.54) is 37.7 Å². The van der Waals surface area contributed by atoms with Crippen LogP contribution >= 0.6 is 0 Å². The van der Waals surface area contributed by atoms with Crippen LogP contribution in [0.1, 0.15) is 44.1 Å². The molecule has 0 unspecified atom stereocenters. The van der Waals surface area contributed by atoms with Crippen LogP contribution in [0.3, 0.4) is 0 Å². The lowest BCUT2D eigenvalue weighted by Gasteiger charge is -2.35. The zero-order chi connectivity index (χ0) is 15.2. The van der Waals surface area contributed by atoms with E-state index in [0.29, 0.717) is 11.8 Å². The molecule has 2 fully saturated rings. The smallest absolute Gasteiger partial charge is 0.222 e. The topological polar surface area (TPSA) is 36.4 Å². The predicted molar refractivity (Wildman–Crippen MR) is 87.3 cm³/mol. The van der Waals surface area contributed by atoms with Crippen molar-refractivity contribution in [2.24, 2.45) is 5.92 Å². The van der Waals surface area contributed by atoms with Gasteiger partial charge in [0.15, 0.2) is 0 Å². The Hall–Kier alpha value is -1.42. The van der Waals surface area contributed by atoms with Crippen molar-refractivity contribution >= 4 is 5.91 Å². The molecule has 0 bridgehead atoms. The summed E-state index contributed by atoms with van der Waals surface area (Å²) in [7, 11) is 0. The van der Waals surface area contributed by atoms with Gasteiger partial charge in [-0.1, -0.05) is 25.3 Å². The van der Waals surface area contributed by atoms with Gasteiger partial charge in [0.25, 0.3) is 0 Å². The number of aromatic nitrogens is 1. The number of rotatable bonds is 4. The predicted octanol–water partition coefficient (Wildman–Crippen LogP) is 2.70. The second-order valence-electron chi connectivity index (χ2n) is 6.73. The van der Waals surface area contributed by atoms with E-state index in [1.54, 1.807) is 0 Å². The molecule has 4 nitrogen and oxygen atoms in total. The van der Waals surface area contributed by atoms with Crippen molar-refractivity contribution in [2.45, 2.75) is 45.1 Å². The minimum absolute atomic E-state index is 0.382. The van der Waals surface area contributed by atoms with Crippen LogP contribution in [0, 0.1) is 5.92 Å². The van der Waals surface area contributed by atoms with Crippen molar-refractivity contribution < 1.29 is 4.79 Å². The van der Waals surface area contributed by atoms with E-state index in [-0.39, 0.29) is 0 Å². The first kappa shape index (κ1) is 15.5. The first-order chi connectivity index (χ1) is 10.8. The maximum atomic E-state index is 12.4. The highest BCUT2D eigenvalue weighted by atomic mass is 16.2. The zero-order valence-electron chi connectivity index (χ0n) is 13.4. The molecule has 2 aliphatic rings. The molecule has 0 radical (unpaired) electrons. The van der Waals surface area contributed by atoms with Crippen LogP contribution in [0.2, 0.25) is 0 Å². The summed E-state index contributed by atoms with van der Waals surface area (Å²) in [6.07, 6.45) is 11.0. The summed E-state index contributed by atoms with van der Waals surface area (Å²) < 4.78 is 0. The Morgan fingerprint density at radius 2 is 1.91 bits per heavy atom. The van der Waals surface area contributed by atoms with Crippen LogP contribution in [0.4, 0.5) is 0 Å². The van der Waals surface area contributed by atoms with Gasteiger partial charge in [0.05, 0.1) is 0 Å². The molecule has 0 aromatic carbocycles. The number of carbonyl (C=O) groups is 1. The highest BCUT2D eigenvalue weighted by Crippen LogP contribution is 2.27. The highest BCUT2D eigenvalue weighted by Gasteiger charge is 2.24. The summed E-state index contributed by atoms with van der Waals surface area (Å²) in [5.74, 6) is 1.03. The standard InChI is InChI=1S/C18H27N3O/c22-18(13-16-5-2-1-3-6-16)21-11-9-20(10-12-21)15-17-7-4-8-19-14-17/h4,7-8,14,16H,1-3,5-6,9-13,15H2. The molecule has 1 aromatic rings. The van der Waals surface area contributed by atoms with Crippen molar-refractivity contribution in [3.8, 4) is 0 Å². The van der Waals surface area contributed by atoms with Gasteiger partial charge in [0, 0.05) is 51.5 Å². The summed E-state index contributed by atoms with van der Waals surface area (Å²) in [6.45, 7) is 4.66. The number of pyridine rings is 1. The van der Waals surface area contributed by atoms with E-state index in [4.69, 9.17) is 0 Å². The summed E-state index contributed by atoms with van der Waals surface area (Å²) in [4.78, 5) is 21.1. The molecule has 0 spiro atoms. The average molecular weight is 301 g/mol. The number of hydrogen-bond acceptors (Lipinski definition) is 3. The van der Waals surface area contributed by atoms with E-state index < -0.39 is 0 Å². The van der Waals surface area contributed by atoms with Crippen molar-refractivity contribution in [1.29, 1.82) is 0 Å². The molecule has 1 aliphatic heterocycles. The fraction of sp³-hybridized carbons (Fsp3) is 0.667. The van der Waals surface area contributed by atoms with Gasteiger partial charge in [-0.25, -0.2) is 0 Å². The molecule has 0 N–H and O–H groups in total. The van der Waals surface area contributed by atoms with Crippen molar-refractivity contribution in [3.63, 3.8) is 0 Å². The summed E-state index contributed by atoms with van der Waals surface area (Å²) >= 11 is 0. The van der Waals surface area contributed by atoms with Gasteiger partial charge in [-0.05, 0) is 30.4 Å². The molecule has 2 heterocycles. The van der Waals surface area contributed by atoms with Gasteiger partial charge in [0.1, 0.15) is 0 Å². The Labute approximate surface area is 133 Å². The molecule has 4 heteroatoms. The molecule has 1 aromatic heterocycles. The molecule has 0 atom stereocenters. The lowest BCUT2D eigenvalue weighted by molar-refractivity contribution is -0.134. The number of carbonyl (C=O) groups excluding carboxylic acids is 1. The van der Waals surface area contributed by atoms with Gasteiger partial charge in [0.2, 0.25) is 5.91 Å². The van der Waals surface area contributed by atoms with Gasteiger partial charge >= 0.3 is 0 Å². The van der Waals surface area contributed by atoms with Crippen LogP contribution in [-0.4, -0.2) is 46.9 Å². The van der Waals surface area contributed by atoms with Crippen molar-refractivity contribution in [3.05, 3.63) is 30.1 Å². The van der Waals surface area contributed by atoms with E-state index in [1.807, 2.05) is 18.5 Å². The van der Waals surface area contributed by atoms with Crippen LogP contribution in [-0.2, 0) is 11.3 Å². The normalized spacial score (nSPS) is 21.0. The molecular weight excluding hydrogens is 274 g/mol. The largest absolute Gasteiger partial charge is 0.340 e. The third-order valence-electron chi connectivity index (χ3n) is 5.04. The van der Waals surface area contributed by atoms with Crippen molar-refractivity contribution in [2.75, 3.05) is 26.2 Å². The SMILES string of the molecule is O=C(CC1CCCCC1)N1CCN(Cc2cccnc2)CC1. The monoisotopic (exact) mass is 301 g/mol. The van der Waals surface area contributed by atoms with Gasteiger partial charge in [-0.3, -0.25) is 14.7 Å². The first-order valence-corrected chi connectivity index (χ1v) is 8.70. The third kappa shape index (κ3) is 4.29. The fourth-order valence-corrected chi connectivity index (χ4v) is 3.67. The lowest BCUT2D eigenvalue weighted by atomic mass is 9.86. The first-order valence-electron chi connectivity index (χ1n) is 8.70. The maximum absolute atomic E-state index is 12.4. The van der Waals surface area contributed by atoms with E-state index >= 15 is 0 Å². The third-order valence-corrected chi connectivity index (χ3v) is 5.04. The second kappa shape index (κ2) is 7.73. The number of amides is 1. The average Bonchev–Trinajstić information content (AvgIpc) is 2.57. The number of hydrogen-bond donors (Lipinski definition) is 0. The van der Waals surface area contributed by atoms with Gasteiger partial charge in [-0.2, -0.15) is 0 Å². The fourth-order valence-electron chi connectivity index (χ4n) is 3.67. The molecule has 120 valence electrons.